The fourth-order valence-corrected chi connectivity index (χ4v) is 3.33. The maximum Gasteiger partial charge on any atom is 0.489 e. The van der Waals surface area contributed by atoms with Crippen molar-refractivity contribution >= 4 is 56.5 Å². The second kappa shape index (κ2) is 4.38. The molecule has 0 fully saturated rings. The highest BCUT2D eigenvalue weighted by Gasteiger charge is 2.22. The summed E-state index contributed by atoms with van der Waals surface area (Å²) in [6.45, 7) is 0. The molecule has 0 unspecified atom stereocenters. The molecule has 0 radical (unpaired) electrons. The van der Waals surface area contributed by atoms with E-state index >= 15 is 0 Å². The highest BCUT2D eigenvalue weighted by Crippen LogP contribution is 2.38. The molecule has 2 N–H and O–H groups in total. The van der Waals surface area contributed by atoms with Gasteiger partial charge in [0, 0.05) is 16.2 Å². The van der Waals surface area contributed by atoms with Gasteiger partial charge in [-0.1, -0.05) is 30.3 Å². The first-order chi connectivity index (χ1) is 11.2. The Labute approximate surface area is 130 Å². The van der Waals surface area contributed by atoms with Crippen molar-refractivity contribution in [1.82, 2.24) is 0 Å². The second-order valence-corrected chi connectivity index (χ2v) is 5.61. The average molecular weight is 302 g/mol. The van der Waals surface area contributed by atoms with Gasteiger partial charge in [0.1, 0.15) is 22.3 Å². The van der Waals surface area contributed by atoms with Gasteiger partial charge < -0.3 is 18.9 Å². The Balaban J connectivity index is 2.09. The van der Waals surface area contributed by atoms with E-state index in [2.05, 4.69) is 0 Å². The van der Waals surface area contributed by atoms with E-state index in [0.29, 0.717) is 27.6 Å². The lowest BCUT2D eigenvalue weighted by molar-refractivity contribution is 0.426. The number of para-hydroxylation sites is 1. The van der Waals surface area contributed by atoms with Crippen LogP contribution in [0.2, 0.25) is 0 Å². The van der Waals surface area contributed by atoms with Gasteiger partial charge in [-0.15, -0.1) is 0 Å². The number of rotatable bonds is 1. The van der Waals surface area contributed by atoms with E-state index in [-0.39, 0.29) is 0 Å². The highest BCUT2D eigenvalue weighted by atomic mass is 16.4. The van der Waals surface area contributed by atoms with E-state index in [1.54, 1.807) is 12.1 Å². The number of hydrogen-bond donors (Lipinski definition) is 2. The number of benzene rings is 3. The Morgan fingerprint density at radius 1 is 0.652 bits per heavy atom. The van der Waals surface area contributed by atoms with Crippen molar-refractivity contribution in [2.45, 2.75) is 0 Å². The van der Waals surface area contributed by atoms with Gasteiger partial charge in [-0.25, -0.2) is 0 Å². The maximum absolute atomic E-state index is 9.69. The van der Waals surface area contributed by atoms with E-state index in [9.17, 15) is 10.0 Å². The minimum absolute atomic E-state index is 0.411. The van der Waals surface area contributed by atoms with Crippen LogP contribution in [0, 0.1) is 0 Å². The van der Waals surface area contributed by atoms with Crippen LogP contribution in [0.3, 0.4) is 0 Å². The van der Waals surface area contributed by atoms with Crippen molar-refractivity contribution in [2.75, 3.05) is 0 Å². The lowest BCUT2D eigenvalue weighted by atomic mass is 9.77. The van der Waals surface area contributed by atoms with Crippen LogP contribution in [0.15, 0.2) is 63.4 Å². The molecular weight excluding hydrogens is 291 g/mol. The number of fused-ring (bicyclic) bond motifs is 7. The topological polar surface area (TPSA) is 66.7 Å². The van der Waals surface area contributed by atoms with E-state index in [1.165, 1.54) is 0 Å². The standard InChI is InChI=1S/C18H11BO4/c20-19(21)12-5-3-7-14-16(12)17-15(22-14)9-8-11-10-4-1-2-6-13(10)23-18(11)17/h1-9,20-21H. The highest BCUT2D eigenvalue weighted by molar-refractivity contribution is 6.63. The molecule has 5 heteroatoms. The van der Waals surface area contributed by atoms with Crippen LogP contribution in [0.1, 0.15) is 0 Å². The van der Waals surface area contributed by atoms with Gasteiger partial charge in [0.25, 0.3) is 0 Å². The molecule has 0 spiro atoms. The molecule has 3 aromatic carbocycles. The van der Waals surface area contributed by atoms with E-state index < -0.39 is 7.12 Å². The average Bonchev–Trinajstić information content (AvgIpc) is 3.11. The van der Waals surface area contributed by atoms with Crippen molar-refractivity contribution in [2.24, 2.45) is 0 Å². The molecule has 0 saturated heterocycles. The third-order valence-corrected chi connectivity index (χ3v) is 4.32. The molecule has 5 aromatic rings. The second-order valence-electron chi connectivity index (χ2n) is 5.61. The summed E-state index contributed by atoms with van der Waals surface area (Å²) < 4.78 is 11.9. The predicted molar refractivity (Wildman–Crippen MR) is 90.8 cm³/mol. The molecule has 0 amide bonds. The van der Waals surface area contributed by atoms with E-state index in [0.717, 1.165) is 21.7 Å². The first kappa shape index (κ1) is 12.8. The van der Waals surface area contributed by atoms with Crippen molar-refractivity contribution < 1.29 is 18.9 Å². The molecule has 0 aliphatic heterocycles. The van der Waals surface area contributed by atoms with Crippen molar-refractivity contribution in [3.8, 4) is 0 Å². The monoisotopic (exact) mass is 302 g/mol. The third-order valence-electron chi connectivity index (χ3n) is 4.32. The van der Waals surface area contributed by atoms with E-state index in [4.69, 9.17) is 8.83 Å². The molecule has 4 nitrogen and oxygen atoms in total. The molecule has 5 rings (SSSR count). The van der Waals surface area contributed by atoms with Crippen LogP contribution in [0.5, 0.6) is 0 Å². The SMILES string of the molecule is OB(O)c1cccc2oc3ccc4c5ccccc5oc4c3c12. The van der Waals surface area contributed by atoms with Crippen LogP contribution in [0.4, 0.5) is 0 Å². The molecule has 0 atom stereocenters. The lowest BCUT2D eigenvalue weighted by Crippen LogP contribution is -2.30. The first-order valence-corrected chi connectivity index (χ1v) is 7.35. The molecular formula is C18H11BO4. The van der Waals surface area contributed by atoms with Crippen molar-refractivity contribution in [3.05, 3.63) is 54.6 Å². The Bertz CT molecular complexity index is 1200. The fraction of sp³-hybridized carbons (Fsp3) is 0. The largest absolute Gasteiger partial charge is 0.489 e. The zero-order chi connectivity index (χ0) is 15.6. The van der Waals surface area contributed by atoms with Gasteiger partial charge in [-0.3, -0.25) is 0 Å². The minimum Gasteiger partial charge on any atom is -0.456 e. The molecule has 2 aromatic heterocycles. The van der Waals surface area contributed by atoms with Gasteiger partial charge in [0.05, 0.1) is 5.39 Å². The summed E-state index contributed by atoms with van der Waals surface area (Å²) in [6.07, 6.45) is 0. The van der Waals surface area contributed by atoms with E-state index in [1.807, 2.05) is 42.5 Å². The Kier molecular flexibility index (Phi) is 2.43. The summed E-state index contributed by atoms with van der Waals surface area (Å²) in [4.78, 5) is 0. The van der Waals surface area contributed by atoms with Crippen LogP contribution in [-0.2, 0) is 0 Å². The Hall–Kier alpha value is -2.76. The smallest absolute Gasteiger partial charge is 0.456 e. The van der Waals surface area contributed by atoms with Gasteiger partial charge in [-0.05, 0) is 29.7 Å². The molecule has 0 aliphatic carbocycles. The molecule has 110 valence electrons. The van der Waals surface area contributed by atoms with Crippen LogP contribution in [-0.4, -0.2) is 17.2 Å². The summed E-state index contributed by atoms with van der Waals surface area (Å²) in [7, 11) is -1.57. The van der Waals surface area contributed by atoms with Crippen LogP contribution >= 0.6 is 0 Å². The van der Waals surface area contributed by atoms with Gasteiger partial charge in [0.2, 0.25) is 0 Å². The maximum atomic E-state index is 9.69. The Morgan fingerprint density at radius 2 is 1.43 bits per heavy atom. The normalized spacial score (nSPS) is 11.9. The minimum atomic E-state index is -1.57. The predicted octanol–water partition coefficient (Wildman–Crippen LogP) is 3.17. The lowest BCUT2D eigenvalue weighted by Gasteiger charge is -2.01. The zero-order valence-corrected chi connectivity index (χ0v) is 12.0. The molecule has 23 heavy (non-hydrogen) atoms. The summed E-state index contributed by atoms with van der Waals surface area (Å²) >= 11 is 0. The molecule has 2 heterocycles. The molecule has 0 aliphatic rings. The van der Waals surface area contributed by atoms with Gasteiger partial charge >= 0.3 is 7.12 Å². The van der Waals surface area contributed by atoms with Crippen LogP contribution in [0.25, 0.3) is 43.9 Å². The molecule has 0 bridgehead atoms. The Morgan fingerprint density at radius 3 is 2.30 bits per heavy atom. The summed E-state index contributed by atoms with van der Waals surface area (Å²) in [5.41, 5.74) is 3.19. The number of furan rings is 2. The first-order valence-electron chi connectivity index (χ1n) is 7.35. The molecule has 0 saturated carbocycles. The van der Waals surface area contributed by atoms with Crippen molar-refractivity contribution in [1.29, 1.82) is 0 Å². The zero-order valence-electron chi connectivity index (χ0n) is 12.0. The summed E-state index contributed by atoms with van der Waals surface area (Å²) in [5, 5.41) is 22.9. The van der Waals surface area contributed by atoms with Gasteiger partial charge in [0.15, 0.2) is 0 Å². The van der Waals surface area contributed by atoms with Crippen molar-refractivity contribution in [3.63, 3.8) is 0 Å². The summed E-state index contributed by atoms with van der Waals surface area (Å²) in [6, 6.07) is 16.9. The van der Waals surface area contributed by atoms with Crippen LogP contribution < -0.4 is 5.46 Å². The number of hydrogen-bond acceptors (Lipinski definition) is 4. The quantitative estimate of drug-likeness (QED) is 0.467. The summed E-state index contributed by atoms with van der Waals surface area (Å²) in [5.74, 6) is 0. The van der Waals surface area contributed by atoms with Gasteiger partial charge in [-0.2, -0.15) is 0 Å². The third kappa shape index (κ3) is 1.63. The fourth-order valence-electron chi connectivity index (χ4n) is 3.33.